The highest BCUT2D eigenvalue weighted by Gasteiger charge is 2.05. The Hall–Kier alpha value is -2.49. The molecule has 4 heteroatoms. The maximum atomic E-state index is 12.0. The highest BCUT2D eigenvalue weighted by Crippen LogP contribution is 2.19. The number of ether oxygens (including phenoxy) is 1. The molecule has 116 valence electrons. The van der Waals surface area contributed by atoms with Crippen LogP contribution in [0.15, 0.2) is 48.5 Å². The lowest BCUT2D eigenvalue weighted by atomic mass is 10.2. The summed E-state index contributed by atoms with van der Waals surface area (Å²) in [5, 5.41) is 5.66. The molecule has 0 saturated heterocycles. The number of carbonyl (C=O) groups is 1. The van der Waals surface area contributed by atoms with E-state index in [2.05, 4.69) is 17.6 Å². The number of rotatable bonds is 6. The Morgan fingerprint density at radius 1 is 1.09 bits per heavy atom. The van der Waals surface area contributed by atoms with Crippen LogP contribution < -0.4 is 15.4 Å². The summed E-state index contributed by atoms with van der Waals surface area (Å²) in [5.74, 6) is 0.766. The minimum Gasteiger partial charge on any atom is -0.494 e. The van der Waals surface area contributed by atoms with Crippen LogP contribution >= 0.6 is 0 Å². The fourth-order valence-corrected chi connectivity index (χ4v) is 2.00. The number of hydrogen-bond acceptors (Lipinski definition) is 2. The van der Waals surface area contributed by atoms with Crippen LogP contribution in [0.4, 0.5) is 16.2 Å². The minimum atomic E-state index is -0.264. The molecule has 0 atom stereocenters. The zero-order chi connectivity index (χ0) is 15.8. The fraction of sp³-hybridized carbons (Fsp3) is 0.278. The quantitative estimate of drug-likeness (QED) is 0.751. The van der Waals surface area contributed by atoms with Crippen LogP contribution in [0, 0.1) is 6.92 Å². The van der Waals surface area contributed by atoms with Crippen LogP contribution in [0.5, 0.6) is 5.75 Å². The number of urea groups is 1. The molecule has 2 amide bonds. The van der Waals surface area contributed by atoms with Gasteiger partial charge in [-0.15, -0.1) is 0 Å². The second kappa shape index (κ2) is 8.08. The second-order valence-corrected chi connectivity index (χ2v) is 5.12. The van der Waals surface area contributed by atoms with E-state index in [4.69, 9.17) is 4.74 Å². The average molecular weight is 298 g/mol. The summed E-state index contributed by atoms with van der Waals surface area (Å²) < 4.78 is 5.63. The third kappa shape index (κ3) is 4.81. The third-order valence-electron chi connectivity index (χ3n) is 3.25. The number of benzene rings is 2. The topological polar surface area (TPSA) is 50.4 Å². The number of aryl methyl sites for hydroxylation is 1. The van der Waals surface area contributed by atoms with E-state index in [-0.39, 0.29) is 6.03 Å². The molecule has 0 aromatic heterocycles. The summed E-state index contributed by atoms with van der Waals surface area (Å²) in [4.78, 5) is 12.0. The number of anilines is 2. The van der Waals surface area contributed by atoms with Gasteiger partial charge >= 0.3 is 6.03 Å². The first kappa shape index (κ1) is 15.9. The molecule has 0 spiro atoms. The lowest BCUT2D eigenvalue weighted by molar-refractivity contribution is 0.262. The Morgan fingerprint density at radius 2 is 1.91 bits per heavy atom. The summed E-state index contributed by atoms with van der Waals surface area (Å²) in [6.07, 6.45) is 2.11. The molecule has 0 unspecified atom stereocenters. The molecule has 2 aromatic carbocycles. The van der Waals surface area contributed by atoms with Crippen molar-refractivity contribution < 1.29 is 9.53 Å². The van der Waals surface area contributed by atoms with Gasteiger partial charge in [-0.25, -0.2) is 4.79 Å². The Bertz CT molecular complexity index is 626. The van der Waals surface area contributed by atoms with Gasteiger partial charge in [0.15, 0.2) is 0 Å². The number of amides is 2. The van der Waals surface area contributed by atoms with Crippen molar-refractivity contribution in [1.29, 1.82) is 0 Å². The lowest BCUT2D eigenvalue weighted by Gasteiger charge is -2.11. The first-order valence-electron chi connectivity index (χ1n) is 7.55. The van der Waals surface area contributed by atoms with Gasteiger partial charge in [-0.1, -0.05) is 37.6 Å². The monoisotopic (exact) mass is 298 g/mol. The maximum Gasteiger partial charge on any atom is 0.323 e. The van der Waals surface area contributed by atoms with Crippen molar-refractivity contribution in [2.75, 3.05) is 17.2 Å². The number of carbonyl (C=O) groups excluding carboxylic acids is 1. The molecule has 2 N–H and O–H groups in total. The van der Waals surface area contributed by atoms with Gasteiger partial charge in [0, 0.05) is 17.4 Å². The molecule has 4 nitrogen and oxygen atoms in total. The van der Waals surface area contributed by atoms with Crippen LogP contribution in [0.3, 0.4) is 0 Å². The Balaban J connectivity index is 1.94. The predicted octanol–water partition coefficient (Wildman–Crippen LogP) is 4.82. The van der Waals surface area contributed by atoms with Gasteiger partial charge in [0.1, 0.15) is 5.75 Å². The van der Waals surface area contributed by atoms with E-state index >= 15 is 0 Å². The number of nitrogens with one attached hydrogen (secondary N) is 2. The van der Waals surface area contributed by atoms with Gasteiger partial charge in [-0.05, 0) is 37.1 Å². The van der Waals surface area contributed by atoms with Crippen LogP contribution in [-0.4, -0.2) is 12.6 Å². The summed E-state index contributed by atoms with van der Waals surface area (Å²) in [5.41, 5.74) is 2.53. The number of para-hydroxylation sites is 1. The Kier molecular flexibility index (Phi) is 5.83. The highest BCUT2D eigenvalue weighted by molar-refractivity contribution is 6.00. The first-order valence-corrected chi connectivity index (χ1v) is 7.55. The molecular weight excluding hydrogens is 276 g/mol. The molecule has 0 saturated carbocycles. The number of unbranched alkanes of at least 4 members (excludes halogenated alkanes) is 1. The molecule has 0 radical (unpaired) electrons. The van der Waals surface area contributed by atoms with Gasteiger partial charge in [-0.3, -0.25) is 0 Å². The summed E-state index contributed by atoms with van der Waals surface area (Å²) >= 11 is 0. The zero-order valence-electron chi connectivity index (χ0n) is 13.1. The van der Waals surface area contributed by atoms with Crippen molar-refractivity contribution in [2.24, 2.45) is 0 Å². The maximum absolute atomic E-state index is 12.0. The van der Waals surface area contributed by atoms with Crippen LogP contribution in [0.2, 0.25) is 0 Å². The summed E-state index contributed by atoms with van der Waals surface area (Å²) in [7, 11) is 0. The molecule has 2 rings (SSSR count). The molecule has 0 aliphatic carbocycles. The molecule has 0 heterocycles. The third-order valence-corrected chi connectivity index (χ3v) is 3.25. The second-order valence-electron chi connectivity index (χ2n) is 5.12. The van der Waals surface area contributed by atoms with Gasteiger partial charge in [-0.2, -0.15) is 0 Å². The Morgan fingerprint density at radius 3 is 2.68 bits per heavy atom. The molecular formula is C18H22N2O2. The molecule has 0 fully saturated rings. The van der Waals surface area contributed by atoms with E-state index in [1.165, 1.54) is 0 Å². The fourth-order valence-electron chi connectivity index (χ4n) is 2.00. The molecule has 0 bridgehead atoms. The molecule has 22 heavy (non-hydrogen) atoms. The van der Waals surface area contributed by atoms with Crippen molar-refractivity contribution >= 4 is 17.4 Å². The largest absolute Gasteiger partial charge is 0.494 e. The minimum absolute atomic E-state index is 0.264. The van der Waals surface area contributed by atoms with Gasteiger partial charge < -0.3 is 15.4 Å². The van der Waals surface area contributed by atoms with Gasteiger partial charge in [0.25, 0.3) is 0 Å². The zero-order valence-corrected chi connectivity index (χ0v) is 13.1. The van der Waals surface area contributed by atoms with E-state index in [0.717, 1.165) is 29.8 Å². The normalized spacial score (nSPS) is 10.1. The van der Waals surface area contributed by atoms with Crippen LogP contribution in [0.25, 0.3) is 0 Å². The molecule has 0 aliphatic rings. The van der Waals surface area contributed by atoms with Crippen LogP contribution in [0.1, 0.15) is 25.3 Å². The highest BCUT2D eigenvalue weighted by atomic mass is 16.5. The summed E-state index contributed by atoms with van der Waals surface area (Å²) in [6, 6.07) is 14.8. The van der Waals surface area contributed by atoms with Gasteiger partial charge in [0.2, 0.25) is 0 Å². The summed E-state index contributed by atoms with van der Waals surface area (Å²) in [6.45, 7) is 4.77. The molecule has 0 aliphatic heterocycles. The Labute approximate surface area is 131 Å². The van der Waals surface area contributed by atoms with Crippen molar-refractivity contribution in [3.63, 3.8) is 0 Å². The van der Waals surface area contributed by atoms with E-state index in [9.17, 15) is 4.79 Å². The number of hydrogen-bond donors (Lipinski definition) is 2. The lowest BCUT2D eigenvalue weighted by Crippen LogP contribution is -2.19. The average Bonchev–Trinajstić information content (AvgIpc) is 2.50. The smallest absolute Gasteiger partial charge is 0.323 e. The van der Waals surface area contributed by atoms with E-state index in [1.807, 2.05) is 55.5 Å². The standard InChI is InChI=1S/C18H22N2O2/c1-3-4-12-22-16-10-7-9-15(13-16)19-18(21)20-17-11-6-5-8-14(17)2/h5-11,13H,3-4,12H2,1-2H3,(H2,19,20,21). The van der Waals surface area contributed by atoms with Crippen molar-refractivity contribution in [3.05, 3.63) is 54.1 Å². The van der Waals surface area contributed by atoms with Crippen molar-refractivity contribution in [1.82, 2.24) is 0 Å². The molecule has 2 aromatic rings. The predicted molar refractivity (Wildman–Crippen MR) is 90.7 cm³/mol. The van der Waals surface area contributed by atoms with Crippen molar-refractivity contribution in [2.45, 2.75) is 26.7 Å². The van der Waals surface area contributed by atoms with E-state index in [1.54, 1.807) is 0 Å². The van der Waals surface area contributed by atoms with Gasteiger partial charge in [0.05, 0.1) is 6.61 Å². The van der Waals surface area contributed by atoms with E-state index in [0.29, 0.717) is 12.3 Å². The van der Waals surface area contributed by atoms with E-state index < -0.39 is 0 Å². The van der Waals surface area contributed by atoms with Crippen LogP contribution in [-0.2, 0) is 0 Å². The van der Waals surface area contributed by atoms with Crippen molar-refractivity contribution in [3.8, 4) is 5.75 Å². The SMILES string of the molecule is CCCCOc1cccc(NC(=O)Nc2ccccc2C)c1. The first-order chi connectivity index (χ1) is 10.7.